The number of guanidine groups is 1. The summed E-state index contributed by atoms with van der Waals surface area (Å²) in [7, 11) is 8.28. The molecule has 0 aliphatic carbocycles. The lowest BCUT2D eigenvalue weighted by Crippen LogP contribution is -2.36. The molecule has 0 heterocycles. The van der Waals surface area contributed by atoms with Gasteiger partial charge in [-0.25, -0.2) is 0 Å². The van der Waals surface area contributed by atoms with Gasteiger partial charge in [0.05, 0.1) is 40.0 Å². The minimum atomic E-state index is 0.463. The summed E-state index contributed by atoms with van der Waals surface area (Å²) in [5.41, 5.74) is 3.07. The van der Waals surface area contributed by atoms with Crippen LogP contribution in [0.4, 0.5) is 0 Å². The first-order valence-electron chi connectivity index (χ1n) is 10.5. The number of methoxy groups -OCH3 is 4. The van der Waals surface area contributed by atoms with Gasteiger partial charge in [-0.15, -0.1) is 0 Å². The van der Waals surface area contributed by atoms with Crippen LogP contribution < -0.4 is 29.6 Å². The summed E-state index contributed by atoms with van der Waals surface area (Å²) in [6.07, 6.45) is 0.839. The van der Waals surface area contributed by atoms with E-state index in [2.05, 4.69) is 34.7 Å². The van der Waals surface area contributed by atoms with Crippen molar-refractivity contribution in [3.63, 3.8) is 0 Å². The molecule has 0 saturated heterocycles. The Balaban J connectivity index is 2.04. The lowest BCUT2D eigenvalue weighted by Gasteiger charge is -2.18. The average Bonchev–Trinajstić information content (AvgIpc) is 2.82. The normalized spacial score (nSPS) is 11.1. The average molecular weight is 446 g/mol. The van der Waals surface area contributed by atoms with E-state index in [1.54, 1.807) is 35.5 Å². The van der Waals surface area contributed by atoms with Crippen LogP contribution in [-0.4, -0.2) is 54.7 Å². The molecule has 176 valence electrons. The fourth-order valence-corrected chi connectivity index (χ4v) is 3.15. The Morgan fingerprint density at radius 1 is 0.844 bits per heavy atom. The molecule has 2 N–H and O–H groups in total. The van der Waals surface area contributed by atoms with Crippen molar-refractivity contribution in [1.82, 2.24) is 10.6 Å². The van der Waals surface area contributed by atoms with E-state index in [0.29, 0.717) is 49.5 Å². The van der Waals surface area contributed by atoms with Crippen molar-refractivity contribution in [2.24, 2.45) is 4.99 Å². The summed E-state index contributed by atoms with van der Waals surface area (Å²) in [4.78, 5) is 4.33. The maximum atomic E-state index is 5.97. The predicted octanol–water partition coefficient (Wildman–Crippen LogP) is 3.30. The van der Waals surface area contributed by atoms with Crippen molar-refractivity contribution in [3.05, 3.63) is 47.0 Å². The van der Waals surface area contributed by atoms with Crippen molar-refractivity contribution >= 4 is 5.96 Å². The summed E-state index contributed by atoms with van der Waals surface area (Å²) in [6.45, 7) is 4.36. The van der Waals surface area contributed by atoms with Gasteiger partial charge in [0.15, 0.2) is 5.96 Å². The first kappa shape index (κ1) is 25.1. The molecule has 0 radical (unpaired) electrons. The summed E-state index contributed by atoms with van der Waals surface area (Å²) < 4.78 is 27.4. The van der Waals surface area contributed by atoms with Crippen molar-refractivity contribution in [2.75, 3.05) is 48.7 Å². The first-order valence-corrected chi connectivity index (χ1v) is 10.5. The monoisotopic (exact) mass is 445 g/mol. The largest absolute Gasteiger partial charge is 0.496 e. The van der Waals surface area contributed by atoms with E-state index in [1.165, 1.54) is 0 Å². The highest BCUT2D eigenvalue weighted by molar-refractivity contribution is 5.79. The number of hydrogen-bond donors (Lipinski definition) is 2. The first-order chi connectivity index (χ1) is 15.6. The fraction of sp³-hybridized carbons (Fsp3) is 0.458. The summed E-state index contributed by atoms with van der Waals surface area (Å²) in [5.74, 6) is 3.53. The molecular formula is C24H35N3O5. The molecule has 8 nitrogen and oxygen atoms in total. The Bertz CT molecular complexity index is 861. The fourth-order valence-electron chi connectivity index (χ4n) is 3.15. The number of benzene rings is 2. The summed E-state index contributed by atoms with van der Waals surface area (Å²) >= 11 is 0. The smallest absolute Gasteiger partial charge is 0.191 e. The van der Waals surface area contributed by atoms with Crippen LogP contribution in [0.25, 0.3) is 0 Å². The van der Waals surface area contributed by atoms with Crippen molar-refractivity contribution in [3.8, 4) is 23.0 Å². The zero-order valence-electron chi connectivity index (χ0n) is 19.9. The number of rotatable bonds is 12. The van der Waals surface area contributed by atoms with Gasteiger partial charge in [-0.1, -0.05) is 12.1 Å². The molecule has 8 heteroatoms. The number of aryl methyl sites for hydroxylation is 1. The molecule has 2 aromatic rings. The molecule has 0 saturated carbocycles. The van der Waals surface area contributed by atoms with E-state index >= 15 is 0 Å². The molecule has 0 spiro atoms. The zero-order chi connectivity index (χ0) is 23.3. The van der Waals surface area contributed by atoms with Crippen LogP contribution in [-0.2, 0) is 17.8 Å². The van der Waals surface area contributed by atoms with Gasteiger partial charge < -0.3 is 34.3 Å². The molecule has 0 aliphatic heterocycles. The predicted molar refractivity (Wildman–Crippen MR) is 126 cm³/mol. The molecular weight excluding hydrogens is 410 g/mol. The third-order valence-electron chi connectivity index (χ3n) is 4.89. The number of aliphatic imine (C=N–C) groups is 1. The second-order valence-electron chi connectivity index (χ2n) is 7.10. The molecule has 0 aromatic heterocycles. The Kier molecular flexibility index (Phi) is 10.5. The molecule has 0 amide bonds. The topological polar surface area (TPSA) is 82.6 Å². The Morgan fingerprint density at radius 2 is 1.53 bits per heavy atom. The van der Waals surface area contributed by atoms with Crippen LogP contribution in [0.3, 0.4) is 0 Å². The Labute approximate surface area is 190 Å². The molecule has 2 aromatic carbocycles. The third kappa shape index (κ3) is 7.23. The van der Waals surface area contributed by atoms with Crippen LogP contribution in [0, 0.1) is 6.92 Å². The van der Waals surface area contributed by atoms with E-state index in [-0.39, 0.29) is 0 Å². The van der Waals surface area contributed by atoms with Crippen LogP contribution in [0.15, 0.2) is 35.3 Å². The number of ether oxygens (including phenoxy) is 5. The second kappa shape index (κ2) is 13.3. The van der Waals surface area contributed by atoms with Crippen molar-refractivity contribution in [1.29, 1.82) is 0 Å². The zero-order valence-corrected chi connectivity index (χ0v) is 19.9. The lowest BCUT2D eigenvalue weighted by atomic mass is 10.1. The maximum absolute atomic E-state index is 5.97. The molecule has 2 rings (SSSR count). The highest BCUT2D eigenvalue weighted by atomic mass is 16.5. The summed E-state index contributed by atoms with van der Waals surface area (Å²) in [5, 5.41) is 6.66. The van der Waals surface area contributed by atoms with E-state index in [9.17, 15) is 0 Å². The van der Waals surface area contributed by atoms with Gasteiger partial charge in [0, 0.05) is 51.4 Å². The quantitative estimate of drug-likeness (QED) is 0.295. The molecule has 32 heavy (non-hydrogen) atoms. The van der Waals surface area contributed by atoms with Gasteiger partial charge in [-0.2, -0.15) is 0 Å². The second-order valence-corrected chi connectivity index (χ2v) is 7.10. The molecule has 0 unspecified atom stereocenters. The van der Waals surface area contributed by atoms with Gasteiger partial charge in [-0.3, -0.25) is 4.99 Å². The third-order valence-corrected chi connectivity index (χ3v) is 4.89. The van der Waals surface area contributed by atoms with Gasteiger partial charge in [0.1, 0.15) is 23.0 Å². The van der Waals surface area contributed by atoms with Gasteiger partial charge >= 0.3 is 0 Å². The molecule has 0 bridgehead atoms. The Hall–Kier alpha value is -3.13. The van der Waals surface area contributed by atoms with Gasteiger partial charge in [0.25, 0.3) is 0 Å². The number of nitrogens with zero attached hydrogens (tertiary/aromatic N) is 1. The number of hydrogen-bond acceptors (Lipinski definition) is 6. The minimum Gasteiger partial charge on any atom is -0.496 e. The highest BCUT2D eigenvalue weighted by Crippen LogP contribution is 2.33. The molecule has 0 aliphatic rings. The van der Waals surface area contributed by atoms with Crippen molar-refractivity contribution in [2.45, 2.75) is 26.4 Å². The van der Waals surface area contributed by atoms with E-state index in [1.807, 2.05) is 18.2 Å². The Morgan fingerprint density at radius 3 is 2.12 bits per heavy atom. The van der Waals surface area contributed by atoms with Gasteiger partial charge in [0.2, 0.25) is 0 Å². The van der Waals surface area contributed by atoms with Crippen LogP contribution in [0.5, 0.6) is 23.0 Å². The van der Waals surface area contributed by atoms with E-state index in [0.717, 1.165) is 28.9 Å². The molecule has 0 atom stereocenters. The number of nitrogens with one attached hydrogen (secondary N) is 2. The van der Waals surface area contributed by atoms with Crippen LogP contribution in [0.2, 0.25) is 0 Å². The highest BCUT2D eigenvalue weighted by Gasteiger charge is 2.14. The minimum absolute atomic E-state index is 0.463. The van der Waals surface area contributed by atoms with Crippen molar-refractivity contribution < 1.29 is 23.7 Å². The van der Waals surface area contributed by atoms with E-state index < -0.39 is 0 Å². The lowest BCUT2D eigenvalue weighted by molar-refractivity contribution is 0.171. The summed E-state index contributed by atoms with van der Waals surface area (Å²) in [6, 6.07) is 9.84. The SMILES string of the molecule is CN=C(NCc1ccc(C)cc1OCCCOC)NCc1c(OC)cc(OC)cc1OC. The van der Waals surface area contributed by atoms with Crippen LogP contribution >= 0.6 is 0 Å². The maximum Gasteiger partial charge on any atom is 0.191 e. The van der Waals surface area contributed by atoms with E-state index in [4.69, 9.17) is 23.7 Å². The van der Waals surface area contributed by atoms with Crippen LogP contribution in [0.1, 0.15) is 23.1 Å². The standard InChI is InChI=1S/C24H35N3O5/c1-17-8-9-18(21(12-17)32-11-7-10-28-3)15-26-24(25-2)27-16-20-22(30-5)13-19(29-4)14-23(20)31-6/h8-9,12-14H,7,10-11,15-16H2,1-6H3,(H2,25,26,27). The molecule has 0 fully saturated rings. The van der Waals surface area contributed by atoms with Gasteiger partial charge in [-0.05, 0) is 18.6 Å².